The van der Waals surface area contributed by atoms with Crippen LogP contribution in [0.2, 0.25) is 0 Å². The summed E-state index contributed by atoms with van der Waals surface area (Å²) in [5, 5.41) is 0. The lowest BCUT2D eigenvalue weighted by molar-refractivity contribution is -0.146. The molecule has 0 saturated heterocycles. The van der Waals surface area contributed by atoms with Crippen molar-refractivity contribution in [2.45, 2.75) is 92.4 Å². The zero-order chi connectivity index (χ0) is 15.9. The molecule has 0 aromatic rings. The van der Waals surface area contributed by atoms with Gasteiger partial charge in [0.25, 0.3) is 0 Å². The Labute approximate surface area is 132 Å². The van der Waals surface area contributed by atoms with Gasteiger partial charge in [-0.1, -0.05) is 86.0 Å². The summed E-state index contributed by atoms with van der Waals surface area (Å²) < 4.78 is 5.46. The SMILES string of the molecule is CCCCCCCCCCCOC(=O)C1C(C)(C)C1(C)C. The normalized spacial score (nSPS) is 19.5. The molecule has 21 heavy (non-hydrogen) atoms. The van der Waals surface area contributed by atoms with E-state index in [4.69, 9.17) is 4.74 Å². The summed E-state index contributed by atoms with van der Waals surface area (Å²) in [5.74, 6) is 0.105. The van der Waals surface area contributed by atoms with E-state index in [1.165, 1.54) is 51.4 Å². The summed E-state index contributed by atoms with van der Waals surface area (Å²) >= 11 is 0. The molecule has 0 aromatic heterocycles. The predicted octanol–water partition coefficient (Wildman–Crippen LogP) is 5.74. The Morgan fingerprint density at radius 1 is 0.810 bits per heavy atom. The van der Waals surface area contributed by atoms with Crippen LogP contribution in [-0.2, 0) is 9.53 Å². The van der Waals surface area contributed by atoms with Crippen molar-refractivity contribution < 1.29 is 9.53 Å². The minimum atomic E-state index is 0.0181. The molecule has 1 aliphatic rings. The van der Waals surface area contributed by atoms with Gasteiger partial charge in [0.2, 0.25) is 0 Å². The van der Waals surface area contributed by atoms with Crippen LogP contribution in [-0.4, -0.2) is 12.6 Å². The van der Waals surface area contributed by atoms with Gasteiger partial charge in [0, 0.05) is 0 Å². The summed E-state index contributed by atoms with van der Waals surface area (Å²) in [7, 11) is 0. The third-order valence-electron chi connectivity index (χ3n) is 5.75. The first-order valence-electron chi connectivity index (χ1n) is 9.02. The first kappa shape index (κ1) is 18.5. The number of esters is 1. The summed E-state index contributed by atoms with van der Waals surface area (Å²) in [6, 6.07) is 0. The summed E-state index contributed by atoms with van der Waals surface area (Å²) in [6.07, 6.45) is 11.7. The van der Waals surface area contributed by atoms with Gasteiger partial charge in [-0.25, -0.2) is 0 Å². The van der Waals surface area contributed by atoms with Gasteiger partial charge in [-0.3, -0.25) is 4.79 Å². The predicted molar refractivity (Wildman–Crippen MR) is 89.2 cm³/mol. The molecule has 1 rings (SSSR count). The topological polar surface area (TPSA) is 26.3 Å². The van der Waals surface area contributed by atoms with Crippen molar-refractivity contribution in [3.05, 3.63) is 0 Å². The maximum atomic E-state index is 12.0. The molecular weight excluding hydrogens is 260 g/mol. The molecule has 0 heterocycles. The fourth-order valence-corrected chi connectivity index (χ4v) is 3.45. The van der Waals surface area contributed by atoms with E-state index >= 15 is 0 Å². The molecule has 0 atom stereocenters. The highest BCUT2D eigenvalue weighted by Crippen LogP contribution is 2.68. The van der Waals surface area contributed by atoms with E-state index in [1.807, 2.05) is 0 Å². The zero-order valence-electron chi connectivity index (χ0n) is 15.0. The van der Waals surface area contributed by atoms with Crippen LogP contribution < -0.4 is 0 Å². The zero-order valence-corrected chi connectivity index (χ0v) is 15.0. The third-order valence-corrected chi connectivity index (χ3v) is 5.75. The smallest absolute Gasteiger partial charge is 0.310 e. The van der Waals surface area contributed by atoms with Crippen molar-refractivity contribution in [2.24, 2.45) is 16.7 Å². The Hall–Kier alpha value is -0.530. The molecule has 0 N–H and O–H groups in total. The van der Waals surface area contributed by atoms with Crippen molar-refractivity contribution in [1.82, 2.24) is 0 Å². The molecule has 0 radical (unpaired) electrons. The van der Waals surface area contributed by atoms with E-state index in [2.05, 4.69) is 34.6 Å². The Kier molecular flexibility index (Phi) is 7.23. The molecular formula is C19H36O2. The molecule has 2 heteroatoms. The number of carbonyl (C=O) groups excluding carboxylic acids is 1. The fourth-order valence-electron chi connectivity index (χ4n) is 3.45. The molecule has 2 nitrogen and oxygen atoms in total. The largest absolute Gasteiger partial charge is 0.465 e. The summed E-state index contributed by atoms with van der Waals surface area (Å²) in [5.41, 5.74) is 0.200. The molecule has 1 saturated carbocycles. The number of hydrogen-bond donors (Lipinski definition) is 0. The van der Waals surface area contributed by atoms with Crippen molar-refractivity contribution in [3.63, 3.8) is 0 Å². The molecule has 0 aromatic carbocycles. The number of unbranched alkanes of at least 4 members (excludes halogenated alkanes) is 8. The van der Waals surface area contributed by atoms with Crippen LogP contribution in [0.5, 0.6) is 0 Å². The van der Waals surface area contributed by atoms with E-state index in [0.717, 1.165) is 6.42 Å². The highest BCUT2D eigenvalue weighted by atomic mass is 16.5. The van der Waals surface area contributed by atoms with Gasteiger partial charge in [-0.2, -0.15) is 0 Å². The Morgan fingerprint density at radius 2 is 1.24 bits per heavy atom. The van der Waals surface area contributed by atoms with Crippen LogP contribution in [0, 0.1) is 16.7 Å². The van der Waals surface area contributed by atoms with E-state index in [9.17, 15) is 4.79 Å². The monoisotopic (exact) mass is 296 g/mol. The minimum Gasteiger partial charge on any atom is -0.465 e. The van der Waals surface area contributed by atoms with Crippen LogP contribution in [0.25, 0.3) is 0 Å². The fraction of sp³-hybridized carbons (Fsp3) is 0.947. The Morgan fingerprint density at radius 3 is 1.67 bits per heavy atom. The molecule has 0 unspecified atom stereocenters. The van der Waals surface area contributed by atoms with Gasteiger partial charge in [0.05, 0.1) is 12.5 Å². The Bertz CT molecular complexity index is 304. The van der Waals surface area contributed by atoms with Crippen molar-refractivity contribution >= 4 is 5.97 Å². The van der Waals surface area contributed by atoms with Crippen LogP contribution in [0.15, 0.2) is 0 Å². The molecule has 1 aliphatic carbocycles. The van der Waals surface area contributed by atoms with Gasteiger partial charge < -0.3 is 4.74 Å². The lowest BCUT2D eigenvalue weighted by Crippen LogP contribution is -2.12. The quantitative estimate of drug-likeness (QED) is 0.359. The van der Waals surface area contributed by atoms with Crippen LogP contribution >= 0.6 is 0 Å². The average molecular weight is 296 g/mol. The van der Waals surface area contributed by atoms with Gasteiger partial charge in [-0.15, -0.1) is 0 Å². The number of ether oxygens (including phenoxy) is 1. The van der Waals surface area contributed by atoms with E-state index in [-0.39, 0.29) is 22.7 Å². The molecule has 0 spiro atoms. The second-order valence-corrected chi connectivity index (χ2v) is 7.87. The first-order valence-corrected chi connectivity index (χ1v) is 9.02. The summed E-state index contributed by atoms with van der Waals surface area (Å²) in [6.45, 7) is 11.5. The lowest BCUT2D eigenvalue weighted by atomic mass is 10.0. The van der Waals surface area contributed by atoms with Gasteiger partial charge in [0.15, 0.2) is 0 Å². The Balaban J connectivity index is 1.95. The number of hydrogen-bond acceptors (Lipinski definition) is 2. The van der Waals surface area contributed by atoms with E-state index in [1.54, 1.807) is 0 Å². The summed E-state index contributed by atoms with van der Waals surface area (Å²) in [4.78, 5) is 12.0. The van der Waals surface area contributed by atoms with Crippen LogP contribution in [0.1, 0.15) is 92.4 Å². The van der Waals surface area contributed by atoms with E-state index in [0.29, 0.717) is 6.61 Å². The minimum absolute atomic E-state index is 0.0181. The van der Waals surface area contributed by atoms with Crippen molar-refractivity contribution in [3.8, 4) is 0 Å². The van der Waals surface area contributed by atoms with Crippen LogP contribution in [0.4, 0.5) is 0 Å². The molecule has 1 fully saturated rings. The number of carbonyl (C=O) groups is 1. The van der Waals surface area contributed by atoms with Crippen molar-refractivity contribution in [2.75, 3.05) is 6.61 Å². The van der Waals surface area contributed by atoms with E-state index < -0.39 is 0 Å². The van der Waals surface area contributed by atoms with Crippen LogP contribution in [0.3, 0.4) is 0 Å². The van der Waals surface area contributed by atoms with Gasteiger partial charge in [-0.05, 0) is 17.3 Å². The second-order valence-electron chi connectivity index (χ2n) is 7.87. The standard InChI is InChI=1S/C19H36O2/c1-6-7-8-9-10-11-12-13-14-15-21-17(20)16-18(2,3)19(16,4)5/h16H,6-15H2,1-5H3. The number of rotatable bonds is 11. The third kappa shape index (κ3) is 5.00. The molecule has 0 bridgehead atoms. The lowest BCUT2D eigenvalue weighted by Gasteiger charge is -2.06. The second kappa shape index (κ2) is 8.19. The average Bonchev–Trinajstić information content (AvgIpc) is 2.82. The highest BCUT2D eigenvalue weighted by Gasteiger charge is 2.69. The molecule has 124 valence electrons. The maximum Gasteiger partial charge on any atom is 0.310 e. The van der Waals surface area contributed by atoms with Gasteiger partial charge in [0.1, 0.15) is 0 Å². The maximum absolute atomic E-state index is 12.0. The molecule has 0 aliphatic heterocycles. The molecule has 0 amide bonds. The highest BCUT2D eigenvalue weighted by molar-refractivity contribution is 5.78. The first-order chi connectivity index (χ1) is 9.85. The van der Waals surface area contributed by atoms with Crippen molar-refractivity contribution in [1.29, 1.82) is 0 Å². The van der Waals surface area contributed by atoms with Gasteiger partial charge >= 0.3 is 5.97 Å².